The van der Waals surface area contributed by atoms with E-state index in [0.29, 0.717) is 6.61 Å². The molecule has 0 spiro atoms. The van der Waals surface area contributed by atoms with Gasteiger partial charge in [0.2, 0.25) is 0 Å². The van der Waals surface area contributed by atoms with E-state index in [9.17, 15) is 4.79 Å². The smallest absolute Gasteiger partial charge is 0.264 e. The zero-order chi connectivity index (χ0) is 18.8. The van der Waals surface area contributed by atoms with Gasteiger partial charge in [-0.05, 0) is 31.7 Å². The van der Waals surface area contributed by atoms with Crippen LogP contribution in [0, 0.1) is 6.92 Å². The molecule has 146 valence electrons. The van der Waals surface area contributed by atoms with Crippen LogP contribution in [0.15, 0.2) is 6.33 Å². The molecule has 4 rings (SSSR count). The number of rotatable bonds is 3. The van der Waals surface area contributed by atoms with Crippen molar-refractivity contribution in [2.75, 3.05) is 38.3 Å². The molecule has 0 bridgehead atoms. The molecule has 2 aromatic rings. The van der Waals surface area contributed by atoms with Crippen LogP contribution in [0.2, 0.25) is 0 Å². The Kier molecular flexibility index (Phi) is 5.59. The molecule has 1 amide bonds. The summed E-state index contributed by atoms with van der Waals surface area (Å²) in [6.07, 6.45) is 8.85. The van der Waals surface area contributed by atoms with Gasteiger partial charge in [0.05, 0.1) is 22.9 Å². The molecule has 6 nitrogen and oxygen atoms in total. The number of aromatic nitrogens is 2. The first-order chi connectivity index (χ1) is 13.2. The van der Waals surface area contributed by atoms with Crippen LogP contribution in [0.4, 0.5) is 5.82 Å². The molecule has 2 aromatic heterocycles. The van der Waals surface area contributed by atoms with Crippen LogP contribution < -0.4 is 4.90 Å². The van der Waals surface area contributed by atoms with Crippen molar-refractivity contribution in [3.8, 4) is 0 Å². The number of nitrogens with zero attached hydrogens (tertiary/aromatic N) is 4. The lowest BCUT2D eigenvalue weighted by Crippen LogP contribution is -2.37. The summed E-state index contributed by atoms with van der Waals surface area (Å²) in [6.45, 7) is 5.47. The van der Waals surface area contributed by atoms with Crippen LogP contribution in [0.1, 0.15) is 53.8 Å². The summed E-state index contributed by atoms with van der Waals surface area (Å²) in [5.74, 6) is 1.08. The predicted octanol–water partition coefficient (Wildman–Crippen LogP) is 3.63. The van der Waals surface area contributed by atoms with Crippen LogP contribution in [-0.4, -0.2) is 60.2 Å². The van der Waals surface area contributed by atoms with E-state index >= 15 is 0 Å². The van der Waals surface area contributed by atoms with E-state index in [1.54, 1.807) is 6.33 Å². The van der Waals surface area contributed by atoms with Gasteiger partial charge in [0.15, 0.2) is 0 Å². The maximum Gasteiger partial charge on any atom is 0.264 e. The van der Waals surface area contributed by atoms with Gasteiger partial charge in [-0.25, -0.2) is 9.97 Å². The number of aryl methyl sites for hydroxylation is 1. The van der Waals surface area contributed by atoms with Crippen molar-refractivity contribution in [3.05, 3.63) is 16.8 Å². The number of fused-ring (bicyclic) bond motifs is 1. The Labute approximate surface area is 164 Å². The zero-order valence-electron chi connectivity index (χ0n) is 16.2. The van der Waals surface area contributed by atoms with Gasteiger partial charge in [0.1, 0.15) is 17.0 Å². The van der Waals surface area contributed by atoms with Crippen molar-refractivity contribution < 1.29 is 9.53 Å². The molecule has 0 aliphatic carbocycles. The summed E-state index contributed by atoms with van der Waals surface area (Å²) in [6, 6.07) is 0.169. The van der Waals surface area contributed by atoms with Crippen molar-refractivity contribution in [2.45, 2.75) is 51.5 Å². The number of carbonyl (C=O) groups is 1. The highest BCUT2D eigenvalue weighted by Crippen LogP contribution is 2.36. The molecule has 0 N–H and O–H groups in total. The van der Waals surface area contributed by atoms with Gasteiger partial charge in [0.25, 0.3) is 5.91 Å². The van der Waals surface area contributed by atoms with Crippen LogP contribution in [0.25, 0.3) is 10.2 Å². The van der Waals surface area contributed by atoms with Gasteiger partial charge in [0, 0.05) is 26.7 Å². The average Bonchev–Trinajstić information content (AvgIpc) is 3.29. The van der Waals surface area contributed by atoms with Crippen molar-refractivity contribution >= 4 is 33.3 Å². The summed E-state index contributed by atoms with van der Waals surface area (Å²) in [5, 5.41) is 1.06. The molecule has 2 aliphatic rings. The Balaban J connectivity index is 1.68. The first kappa shape index (κ1) is 18.6. The minimum Gasteiger partial charge on any atom is -0.379 e. The molecular formula is C20H28N4O2S. The Hall–Kier alpha value is -1.73. The summed E-state index contributed by atoms with van der Waals surface area (Å²) in [5.41, 5.74) is 1.02. The molecule has 1 unspecified atom stereocenters. The second-order valence-corrected chi connectivity index (χ2v) is 8.62. The van der Waals surface area contributed by atoms with Crippen molar-refractivity contribution in [2.24, 2.45) is 0 Å². The third kappa shape index (κ3) is 3.67. The fourth-order valence-electron chi connectivity index (χ4n) is 4.11. The van der Waals surface area contributed by atoms with Gasteiger partial charge >= 0.3 is 0 Å². The Bertz CT molecular complexity index is 808. The molecule has 2 aliphatic heterocycles. The Morgan fingerprint density at radius 3 is 2.67 bits per heavy atom. The number of hydrogen-bond donors (Lipinski definition) is 0. The maximum absolute atomic E-state index is 13.1. The first-order valence-electron chi connectivity index (χ1n) is 10.0. The normalized spacial score (nSPS) is 21.3. The lowest BCUT2D eigenvalue weighted by atomic mass is 10.1. The van der Waals surface area contributed by atoms with E-state index in [4.69, 9.17) is 4.74 Å². The highest BCUT2D eigenvalue weighted by atomic mass is 32.1. The van der Waals surface area contributed by atoms with Gasteiger partial charge in [-0.3, -0.25) is 4.79 Å². The highest BCUT2D eigenvalue weighted by molar-refractivity contribution is 7.20. The van der Waals surface area contributed by atoms with Crippen LogP contribution in [-0.2, 0) is 4.74 Å². The topological polar surface area (TPSA) is 58.6 Å². The number of likely N-dealkylation sites (N-methyl/N-ethyl adjacent to an activating group) is 1. The van der Waals surface area contributed by atoms with Crippen molar-refractivity contribution in [1.82, 2.24) is 14.9 Å². The predicted molar refractivity (Wildman–Crippen MR) is 109 cm³/mol. The summed E-state index contributed by atoms with van der Waals surface area (Å²) in [4.78, 5) is 28.2. The third-order valence-electron chi connectivity index (χ3n) is 5.83. The molecule has 0 radical (unpaired) electrons. The van der Waals surface area contributed by atoms with Crippen LogP contribution >= 0.6 is 11.3 Å². The van der Waals surface area contributed by atoms with Gasteiger partial charge in [-0.1, -0.05) is 19.3 Å². The van der Waals surface area contributed by atoms with Gasteiger partial charge in [-0.2, -0.15) is 0 Å². The number of hydrogen-bond acceptors (Lipinski definition) is 6. The standard InChI is InChI=1S/C20H28N4O2S/c1-14-16-18(24-9-6-4-3-5-7-10-24)21-13-22-19(16)27-17(14)20(25)23(2)15-8-11-26-12-15/h13,15H,3-12H2,1-2H3. The number of amides is 1. The Morgan fingerprint density at radius 2 is 1.96 bits per heavy atom. The minimum absolute atomic E-state index is 0.0737. The highest BCUT2D eigenvalue weighted by Gasteiger charge is 2.29. The van der Waals surface area contributed by atoms with Gasteiger partial charge < -0.3 is 14.5 Å². The summed E-state index contributed by atoms with van der Waals surface area (Å²) >= 11 is 1.50. The molecule has 27 heavy (non-hydrogen) atoms. The quantitative estimate of drug-likeness (QED) is 0.804. The minimum atomic E-state index is 0.0737. The van der Waals surface area contributed by atoms with E-state index in [2.05, 4.69) is 14.9 Å². The summed E-state index contributed by atoms with van der Waals surface area (Å²) in [7, 11) is 1.89. The largest absolute Gasteiger partial charge is 0.379 e. The molecule has 2 fully saturated rings. The SMILES string of the molecule is Cc1c(C(=O)N(C)C2CCOC2)sc2ncnc(N3CCCCCCC3)c12. The monoisotopic (exact) mass is 388 g/mol. The molecule has 4 heterocycles. The molecule has 0 saturated carbocycles. The molecular weight excluding hydrogens is 360 g/mol. The summed E-state index contributed by atoms with van der Waals surface area (Å²) < 4.78 is 5.45. The number of ether oxygens (including phenoxy) is 1. The fourth-order valence-corrected chi connectivity index (χ4v) is 5.24. The van der Waals surface area contributed by atoms with Gasteiger partial charge in [-0.15, -0.1) is 11.3 Å². The van der Waals surface area contributed by atoms with E-state index in [1.807, 2.05) is 18.9 Å². The second kappa shape index (κ2) is 8.10. The van der Waals surface area contributed by atoms with E-state index in [-0.39, 0.29) is 11.9 Å². The number of carbonyl (C=O) groups excluding carboxylic acids is 1. The fraction of sp³-hybridized carbons (Fsp3) is 0.650. The Morgan fingerprint density at radius 1 is 1.22 bits per heavy atom. The maximum atomic E-state index is 13.1. The second-order valence-electron chi connectivity index (χ2n) is 7.62. The molecule has 7 heteroatoms. The zero-order valence-corrected chi connectivity index (χ0v) is 17.1. The number of thiophene rings is 1. The third-order valence-corrected chi connectivity index (χ3v) is 7.02. The van der Waals surface area contributed by atoms with E-state index in [1.165, 1.54) is 43.4 Å². The van der Waals surface area contributed by atoms with Crippen LogP contribution in [0.3, 0.4) is 0 Å². The lowest BCUT2D eigenvalue weighted by Gasteiger charge is -2.26. The first-order valence-corrected chi connectivity index (χ1v) is 10.8. The van der Waals surface area contributed by atoms with E-state index in [0.717, 1.165) is 52.6 Å². The van der Waals surface area contributed by atoms with Crippen molar-refractivity contribution in [1.29, 1.82) is 0 Å². The number of anilines is 1. The molecule has 0 aromatic carbocycles. The molecule has 2 saturated heterocycles. The average molecular weight is 389 g/mol. The lowest BCUT2D eigenvalue weighted by molar-refractivity contribution is 0.0715. The van der Waals surface area contributed by atoms with Crippen molar-refractivity contribution in [3.63, 3.8) is 0 Å². The molecule has 1 atom stereocenters. The van der Waals surface area contributed by atoms with Crippen LogP contribution in [0.5, 0.6) is 0 Å². The van der Waals surface area contributed by atoms with E-state index < -0.39 is 0 Å².